The fourth-order valence-electron chi connectivity index (χ4n) is 3.34. The Morgan fingerprint density at radius 1 is 1.09 bits per heavy atom. The molecule has 0 aromatic heterocycles. The second kappa shape index (κ2) is 6.41. The van der Waals surface area contributed by atoms with Crippen LogP contribution in [0.2, 0.25) is 0 Å². The van der Waals surface area contributed by atoms with Gasteiger partial charge in [-0.05, 0) is 48.6 Å². The molecule has 4 nitrogen and oxygen atoms in total. The molecule has 0 spiro atoms. The number of carbonyl (C=O) groups excluding carboxylic acids is 1. The van der Waals surface area contributed by atoms with Crippen LogP contribution in [0.4, 0.5) is 0 Å². The molecule has 0 bridgehead atoms. The molecule has 2 aromatic carbocycles. The second-order valence-corrected chi connectivity index (χ2v) is 6.38. The van der Waals surface area contributed by atoms with E-state index in [0.29, 0.717) is 19.3 Å². The van der Waals surface area contributed by atoms with Gasteiger partial charge in [0, 0.05) is 5.92 Å². The lowest BCUT2D eigenvalue weighted by Gasteiger charge is -2.18. The number of nitrogens with one attached hydrogen (secondary N) is 1. The van der Waals surface area contributed by atoms with Gasteiger partial charge in [-0.2, -0.15) is 0 Å². The van der Waals surface area contributed by atoms with E-state index in [2.05, 4.69) is 29.6 Å². The lowest BCUT2D eigenvalue weighted by molar-refractivity contribution is -0.141. The van der Waals surface area contributed by atoms with E-state index < -0.39 is 5.97 Å². The van der Waals surface area contributed by atoms with Crippen LogP contribution in [0.5, 0.6) is 0 Å². The maximum atomic E-state index is 12.4. The van der Waals surface area contributed by atoms with E-state index in [1.807, 2.05) is 25.1 Å². The molecule has 0 saturated heterocycles. The van der Waals surface area contributed by atoms with Crippen LogP contribution in [0.25, 0.3) is 10.8 Å². The van der Waals surface area contributed by atoms with Gasteiger partial charge in [-0.1, -0.05) is 36.4 Å². The fourth-order valence-corrected chi connectivity index (χ4v) is 3.34. The van der Waals surface area contributed by atoms with Gasteiger partial charge in [0.25, 0.3) is 0 Å². The highest BCUT2D eigenvalue weighted by molar-refractivity contribution is 5.84. The highest BCUT2D eigenvalue weighted by Crippen LogP contribution is 2.31. The summed E-state index contributed by atoms with van der Waals surface area (Å²) in [6.07, 6.45) is 1.70. The Morgan fingerprint density at radius 3 is 2.48 bits per heavy atom. The quantitative estimate of drug-likeness (QED) is 0.908. The molecule has 0 aliphatic heterocycles. The Labute approximate surface area is 135 Å². The summed E-state index contributed by atoms with van der Waals surface area (Å²) in [5, 5.41) is 14.4. The van der Waals surface area contributed by atoms with E-state index in [9.17, 15) is 9.59 Å². The van der Waals surface area contributed by atoms with Crippen LogP contribution in [0.1, 0.15) is 37.8 Å². The molecule has 1 aliphatic rings. The van der Waals surface area contributed by atoms with Crippen LogP contribution in [-0.2, 0) is 9.59 Å². The summed E-state index contributed by atoms with van der Waals surface area (Å²) in [5.41, 5.74) is 1.06. The molecule has 120 valence electrons. The van der Waals surface area contributed by atoms with Crippen molar-refractivity contribution in [1.82, 2.24) is 5.32 Å². The third-order valence-electron chi connectivity index (χ3n) is 4.78. The lowest BCUT2D eigenvalue weighted by Crippen LogP contribution is -2.32. The van der Waals surface area contributed by atoms with Crippen molar-refractivity contribution < 1.29 is 14.7 Å². The van der Waals surface area contributed by atoms with Crippen molar-refractivity contribution in [2.24, 2.45) is 11.8 Å². The van der Waals surface area contributed by atoms with Gasteiger partial charge in [0.05, 0.1) is 12.0 Å². The Balaban J connectivity index is 1.67. The topological polar surface area (TPSA) is 66.4 Å². The number of amides is 1. The average Bonchev–Trinajstić information content (AvgIpc) is 3.04. The summed E-state index contributed by atoms with van der Waals surface area (Å²) in [4.78, 5) is 23.4. The van der Waals surface area contributed by atoms with Gasteiger partial charge >= 0.3 is 5.97 Å². The largest absolute Gasteiger partial charge is 0.481 e. The Hall–Kier alpha value is -2.36. The summed E-state index contributed by atoms with van der Waals surface area (Å²) >= 11 is 0. The molecule has 3 atom stereocenters. The summed E-state index contributed by atoms with van der Waals surface area (Å²) in [6.45, 7) is 1.96. The molecule has 1 amide bonds. The van der Waals surface area contributed by atoms with Gasteiger partial charge in [0.2, 0.25) is 5.91 Å². The number of carboxylic acid groups (broad SMARTS) is 1. The number of hydrogen-bond donors (Lipinski definition) is 2. The molecule has 3 rings (SSSR count). The number of carbonyl (C=O) groups is 2. The van der Waals surface area contributed by atoms with Crippen molar-refractivity contribution in [3.8, 4) is 0 Å². The van der Waals surface area contributed by atoms with E-state index in [0.717, 1.165) is 10.9 Å². The third-order valence-corrected chi connectivity index (χ3v) is 4.78. The molecule has 0 radical (unpaired) electrons. The number of rotatable bonds is 4. The van der Waals surface area contributed by atoms with Gasteiger partial charge in [0.15, 0.2) is 0 Å². The number of benzene rings is 2. The van der Waals surface area contributed by atoms with Crippen LogP contribution >= 0.6 is 0 Å². The second-order valence-electron chi connectivity index (χ2n) is 6.38. The van der Waals surface area contributed by atoms with Crippen LogP contribution < -0.4 is 5.32 Å². The third kappa shape index (κ3) is 3.36. The highest BCUT2D eigenvalue weighted by atomic mass is 16.4. The zero-order valence-electron chi connectivity index (χ0n) is 13.2. The first-order valence-corrected chi connectivity index (χ1v) is 8.06. The highest BCUT2D eigenvalue weighted by Gasteiger charge is 2.34. The van der Waals surface area contributed by atoms with Crippen molar-refractivity contribution in [1.29, 1.82) is 0 Å². The number of aliphatic carboxylic acids is 1. The van der Waals surface area contributed by atoms with Gasteiger partial charge in [0.1, 0.15) is 0 Å². The maximum Gasteiger partial charge on any atom is 0.306 e. The maximum absolute atomic E-state index is 12.4. The van der Waals surface area contributed by atoms with Gasteiger partial charge in [-0.15, -0.1) is 0 Å². The first kappa shape index (κ1) is 15.5. The minimum absolute atomic E-state index is 0.0330. The number of hydrogen-bond acceptors (Lipinski definition) is 2. The standard InChI is InChI=1S/C19H21NO3/c1-12(14-7-6-13-4-2-3-5-15(13)10-14)20-18(21)16-8-9-17(11-16)19(22)23/h2-7,10,12,16-17H,8-9,11H2,1H3,(H,20,21)(H,22,23)/t12?,16-,17+/m1/s1. The van der Waals surface area contributed by atoms with Gasteiger partial charge in [-0.3, -0.25) is 9.59 Å². The predicted octanol–water partition coefficient (Wildman–Crippen LogP) is 3.52. The van der Waals surface area contributed by atoms with Crippen molar-refractivity contribution in [2.45, 2.75) is 32.2 Å². The molecule has 1 aliphatic carbocycles. The molecule has 23 heavy (non-hydrogen) atoms. The minimum Gasteiger partial charge on any atom is -0.481 e. The number of carboxylic acids is 1. The van der Waals surface area contributed by atoms with Crippen LogP contribution in [-0.4, -0.2) is 17.0 Å². The normalized spacial score (nSPS) is 22.0. The van der Waals surface area contributed by atoms with Gasteiger partial charge < -0.3 is 10.4 Å². The zero-order valence-corrected chi connectivity index (χ0v) is 13.2. The number of fused-ring (bicyclic) bond motifs is 1. The summed E-state index contributed by atoms with van der Waals surface area (Å²) in [6, 6.07) is 14.2. The SMILES string of the molecule is CC(NC(=O)[C@@H]1CC[C@H](C(=O)O)C1)c1ccc2ccccc2c1. The summed E-state index contributed by atoms with van der Waals surface area (Å²) in [5.74, 6) is -1.38. The molecule has 0 heterocycles. The van der Waals surface area contributed by atoms with E-state index in [4.69, 9.17) is 5.11 Å². The van der Waals surface area contributed by atoms with Crippen molar-refractivity contribution >= 4 is 22.6 Å². The Morgan fingerprint density at radius 2 is 1.78 bits per heavy atom. The van der Waals surface area contributed by atoms with E-state index in [1.54, 1.807) is 0 Å². The van der Waals surface area contributed by atoms with Gasteiger partial charge in [-0.25, -0.2) is 0 Å². The summed E-state index contributed by atoms with van der Waals surface area (Å²) < 4.78 is 0. The fraction of sp³-hybridized carbons (Fsp3) is 0.368. The van der Waals surface area contributed by atoms with Crippen molar-refractivity contribution in [2.75, 3.05) is 0 Å². The first-order valence-electron chi connectivity index (χ1n) is 8.06. The molecule has 1 saturated carbocycles. The average molecular weight is 311 g/mol. The molecule has 1 unspecified atom stereocenters. The van der Waals surface area contributed by atoms with Crippen molar-refractivity contribution in [3.63, 3.8) is 0 Å². The predicted molar refractivity (Wildman–Crippen MR) is 89.0 cm³/mol. The van der Waals surface area contributed by atoms with Crippen LogP contribution in [0.3, 0.4) is 0 Å². The monoisotopic (exact) mass is 311 g/mol. The molecule has 2 aromatic rings. The Kier molecular flexibility index (Phi) is 4.33. The smallest absolute Gasteiger partial charge is 0.306 e. The van der Waals surface area contributed by atoms with Crippen molar-refractivity contribution in [3.05, 3.63) is 48.0 Å². The Bertz CT molecular complexity index is 740. The summed E-state index contributed by atoms with van der Waals surface area (Å²) in [7, 11) is 0. The van der Waals surface area contributed by atoms with Crippen LogP contribution in [0, 0.1) is 11.8 Å². The molecular weight excluding hydrogens is 290 g/mol. The van der Waals surface area contributed by atoms with E-state index >= 15 is 0 Å². The van der Waals surface area contributed by atoms with Crippen LogP contribution in [0.15, 0.2) is 42.5 Å². The van der Waals surface area contributed by atoms with E-state index in [1.165, 1.54) is 5.39 Å². The molecule has 2 N–H and O–H groups in total. The molecule has 1 fully saturated rings. The van der Waals surface area contributed by atoms with E-state index in [-0.39, 0.29) is 23.8 Å². The molecule has 4 heteroatoms. The minimum atomic E-state index is -0.789. The lowest BCUT2D eigenvalue weighted by atomic mass is 10.0. The first-order chi connectivity index (χ1) is 11.0. The zero-order chi connectivity index (χ0) is 16.4. The molecular formula is C19H21NO3.